The molecule has 3 rings (SSSR count). The number of halogens is 1. The molecular formula is C18H22BrNO5. The molecule has 1 aromatic heterocycles. The molecule has 0 saturated heterocycles. The number of nitrogens with zero attached hydrogens (tertiary/aromatic N) is 1. The topological polar surface area (TPSA) is 83.1 Å². The number of aryl methyl sites for hydroxylation is 2. The molecule has 1 aliphatic rings. The third-order valence-electron chi connectivity index (χ3n) is 4.75. The highest BCUT2D eigenvalue weighted by Gasteiger charge is 2.30. The Bertz CT molecular complexity index is 866. The predicted octanol–water partition coefficient (Wildman–Crippen LogP) is 2.45. The number of rotatable bonds is 4. The lowest BCUT2D eigenvalue weighted by atomic mass is 10.0. The van der Waals surface area contributed by atoms with E-state index in [1.165, 1.54) is 0 Å². The average molecular weight is 412 g/mol. The number of aliphatic hydroxyl groups is 2. The normalized spacial score (nSPS) is 19.1. The maximum absolute atomic E-state index is 11.9. The van der Waals surface area contributed by atoms with Crippen molar-refractivity contribution in [3.05, 3.63) is 37.6 Å². The first-order valence-corrected chi connectivity index (χ1v) is 9.04. The van der Waals surface area contributed by atoms with E-state index in [-0.39, 0.29) is 6.10 Å². The van der Waals surface area contributed by atoms with Gasteiger partial charge in [0.25, 0.3) is 0 Å². The maximum Gasteiger partial charge on any atom is 0.350 e. The molecule has 1 aliphatic heterocycles. The van der Waals surface area contributed by atoms with Crippen molar-refractivity contribution in [1.82, 2.24) is 4.90 Å². The van der Waals surface area contributed by atoms with Crippen LogP contribution in [-0.4, -0.2) is 40.2 Å². The van der Waals surface area contributed by atoms with Crippen molar-refractivity contribution in [3.63, 3.8) is 0 Å². The number of hydrogen-bond acceptors (Lipinski definition) is 6. The number of ether oxygens (including phenoxy) is 1. The first-order valence-electron chi connectivity index (χ1n) is 8.24. The maximum atomic E-state index is 11.9. The molecule has 7 heteroatoms. The summed E-state index contributed by atoms with van der Waals surface area (Å²) in [6.45, 7) is 7.38. The third kappa shape index (κ3) is 3.21. The van der Waals surface area contributed by atoms with E-state index >= 15 is 0 Å². The molecular weight excluding hydrogens is 390 g/mol. The van der Waals surface area contributed by atoms with Gasteiger partial charge in [-0.3, -0.25) is 0 Å². The van der Waals surface area contributed by atoms with E-state index in [0.717, 1.165) is 27.8 Å². The van der Waals surface area contributed by atoms with Gasteiger partial charge >= 0.3 is 5.63 Å². The Balaban J connectivity index is 1.99. The Hall–Kier alpha value is -1.41. The zero-order chi connectivity index (χ0) is 18.5. The molecule has 0 saturated carbocycles. The van der Waals surface area contributed by atoms with Crippen LogP contribution in [-0.2, 0) is 6.42 Å². The number of fused-ring (bicyclic) bond motifs is 2. The van der Waals surface area contributed by atoms with Crippen LogP contribution < -0.4 is 10.4 Å². The van der Waals surface area contributed by atoms with Gasteiger partial charge < -0.3 is 19.4 Å². The lowest BCUT2D eigenvalue weighted by Gasteiger charge is -2.30. The highest BCUT2D eigenvalue weighted by atomic mass is 79.9. The summed E-state index contributed by atoms with van der Waals surface area (Å²) < 4.78 is 11.9. The average Bonchev–Trinajstić information content (AvgIpc) is 2.94. The molecule has 136 valence electrons. The first-order chi connectivity index (χ1) is 11.7. The molecule has 2 N–H and O–H groups in total. The number of hydrogen-bond donors (Lipinski definition) is 2. The number of aliphatic hydroxyl groups excluding tert-OH is 2. The van der Waals surface area contributed by atoms with Gasteiger partial charge in [0.1, 0.15) is 34.4 Å². The Labute approximate surface area is 154 Å². The molecule has 0 spiro atoms. The van der Waals surface area contributed by atoms with Gasteiger partial charge in [-0.15, -0.1) is 0 Å². The van der Waals surface area contributed by atoms with Crippen molar-refractivity contribution in [2.75, 3.05) is 6.54 Å². The van der Waals surface area contributed by atoms with Crippen LogP contribution in [0.2, 0.25) is 0 Å². The van der Waals surface area contributed by atoms with Gasteiger partial charge in [-0.1, -0.05) is 0 Å². The van der Waals surface area contributed by atoms with Crippen molar-refractivity contribution < 1.29 is 19.4 Å². The van der Waals surface area contributed by atoms with E-state index in [0.29, 0.717) is 23.0 Å². The molecule has 1 aromatic carbocycles. The highest BCUT2D eigenvalue weighted by Crippen LogP contribution is 2.39. The molecule has 0 amide bonds. The molecule has 3 unspecified atom stereocenters. The van der Waals surface area contributed by atoms with E-state index in [1.807, 2.05) is 19.9 Å². The summed E-state index contributed by atoms with van der Waals surface area (Å²) in [7, 11) is 0. The van der Waals surface area contributed by atoms with Crippen molar-refractivity contribution in [1.29, 1.82) is 0 Å². The van der Waals surface area contributed by atoms with E-state index in [4.69, 9.17) is 9.15 Å². The second kappa shape index (κ2) is 6.72. The van der Waals surface area contributed by atoms with Crippen LogP contribution in [0.25, 0.3) is 11.0 Å². The van der Waals surface area contributed by atoms with Gasteiger partial charge in [-0.05, 0) is 60.8 Å². The molecule has 6 nitrogen and oxygen atoms in total. The van der Waals surface area contributed by atoms with Crippen molar-refractivity contribution in [3.8, 4) is 5.75 Å². The monoisotopic (exact) mass is 411 g/mol. The molecule has 0 fully saturated rings. The third-order valence-corrected chi connectivity index (χ3v) is 5.67. The second-order valence-corrected chi connectivity index (χ2v) is 7.39. The van der Waals surface area contributed by atoms with Crippen LogP contribution in [0.1, 0.15) is 30.5 Å². The van der Waals surface area contributed by atoms with Gasteiger partial charge in [0.15, 0.2) is 0 Å². The van der Waals surface area contributed by atoms with Crippen molar-refractivity contribution >= 4 is 26.9 Å². The minimum absolute atomic E-state index is 0.190. The van der Waals surface area contributed by atoms with Crippen molar-refractivity contribution in [2.24, 2.45) is 0 Å². The Morgan fingerprint density at radius 3 is 2.52 bits per heavy atom. The van der Waals surface area contributed by atoms with E-state index in [2.05, 4.69) is 15.9 Å². The SMILES string of the molecule is Cc1c(Br)c(=O)oc2c(C)c3c(cc12)CC(CN(C(C)O)C(C)O)O3. The van der Waals surface area contributed by atoms with Crippen molar-refractivity contribution in [2.45, 2.75) is 52.7 Å². The van der Waals surface area contributed by atoms with Crippen LogP contribution >= 0.6 is 15.9 Å². The summed E-state index contributed by atoms with van der Waals surface area (Å²) >= 11 is 3.28. The van der Waals surface area contributed by atoms with E-state index < -0.39 is 18.1 Å². The van der Waals surface area contributed by atoms with Crippen LogP contribution in [0.3, 0.4) is 0 Å². The molecule has 0 bridgehead atoms. The highest BCUT2D eigenvalue weighted by molar-refractivity contribution is 9.10. The lowest BCUT2D eigenvalue weighted by molar-refractivity contribution is -0.0960. The fourth-order valence-corrected chi connectivity index (χ4v) is 3.69. The molecule has 3 atom stereocenters. The molecule has 25 heavy (non-hydrogen) atoms. The standard InChI is InChI=1S/C18H22BrNO5/c1-8-14-6-12-5-13(7-20(10(3)21)11(4)22)24-16(12)9(2)17(14)25-18(23)15(8)19/h6,10-11,13,21-22H,5,7H2,1-4H3. The van der Waals surface area contributed by atoms with E-state index in [9.17, 15) is 15.0 Å². The van der Waals surface area contributed by atoms with E-state index in [1.54, 1.807) is 18.7 Å². The molecule has 0 aliphatic carbocycles. The summed E-state index contributed by atoms with van der Waals surface area (Å²) in [6, 6.07) is 2.00. The quantitative estimate of drug-likeness (QED) is 0.593. The van der Waals surface area contributed by atoms with Gasteiger partial charge in [-0.25, -0.2) is 9.69 Å². The fraction of sp³-hybridized carbons (Fsp3) is 0.500. The Morgan fingerprint density at radius 2 is 1.92 bits per heavy atom. The minimum atomic E-state index is -0.774. The number of benzene rings is 1. The Kier molecular flexibility index (Phi) is 4.94. The van der Waals surface area contributed by atoms with Gasteiger partial charge in [0, 0.05) is 23.9 Å². The second-order valence-electron chi connectivity index (χ2n) is 6.60. The molecule has 0 radical (unpaired) electrons. The summed E-state index contributed by atoms with van der Waals surface area (Å²) in [5.41, 5.74) is 2.80. The van der Waals surface area contributed by atoms with Crippen LogP contribution in [0.5, 0.6) is 5.75 Å². The Morgan fingerprint density at radius 1 is 1.28 bits per heavy atom. The summed E-state index contributed by atoms with van der Waals surface area (Å²) in [6.07, 6.45) is -1.07. The smallest absolute Gasteiger partial charge is 0.350 e. The van der Waals surface area contributed by atoms with Gasteiger partial charge in [0.05, 0.1) is 0 Å². The van der Waals surface area contributed by atoms with Gasteiger partial charge in [-0.2, -0.15) is 0 Å². The summed E-state index contributed by atoms with van der Waals surface area (Å²) in [5.74, 6) is 0.721. The summed E-state index contributed by atoms with van der Waals surface area (Å²) in [5, 5.41) is 20.5. The molecule has 2 aromatic rings. The zero-order valence-electron chi connectivity index (χ0n) is 14.7. The molecule has 2 heterocycles. The zero-order valence-corrected chi connectivity index (χ0v) is 16.3. The summed E-state index contributed by atoms with van der Waals surface area (Å²) in [4.78, 5) is 13.5. The fourth-order valence-electron chi connectivity index (χ4n) is 3.39. The minimum Gasteiger partial charge on any atom is -0.488 e. The largest absolute Gasteiger partial charge is 0.488 e. The first kappa shape index (κ1) is 18.4. The predicted molar refractivity (Wildman–Crippen MR) is 97.8 cm³/mol. The lowest BCUT2D eigenvalue weighted by Crippen LogP contribution is -2.45. The van der Waals surface area contributed by atoms with Crippen LogP contribution in [0, 0.1) is 13.8 Å². The van der Waals surface area contributed by atoms with Gasteiger partial charge in [0.2, 0.25) is 0 Å². The van der Waals surface area contributed by atoms with Crippen LogP contribution in [0.4, 0.5) is 0 Å². The van der Waals surface area contributed by atoms with Crippen LogP contribution in [0.15, 0.2) is 19.8 Å².